The van der Waals surface area contributed by atoms with Crippen molar-refractivity contribution in [2.24, 2.45) is 7.05 Å². The molecule has 2 aromatic heterocycles. The lowest BCUT2D eigenvalue weighted by atomic mass is 10.1. The Hall–Kier alpha value is -2.79. The van der Waals surface area contributed by atoms with Gasteiger partial charge in [-0.2, -0.15) is 0 Å². The molecule has 162 valence electrons. The van der Waals surface area contributed by atoms with E-state index in [9.17, 15) is 9.59 Å². The Labute approximate surface area is 188 Å². The molecule has 0 saturated heterocycles. The highest BCUT2D eigenvalue weighted by atomic mass is 32.2. The van der Waals surface area contributed by atoms with Gasteiger partial charge in [0.1, 0.15) is 10.8 Å². The smallest absolute Gasteiger partial charge is 0.236 e. The van der Waals surface area contributed by atoms with E-state index in [1.54, 1.807) is 11.6 Å². The van der Waals surface area contributed by atoms with E-state index in [1.807, 2.05) is 32.0 Å². The van der Waals surface area contributed by atoms with Crippen LogP contribution in [0.3, 0.4) is 0 Å². The molecule has 0 radical (unpaired) electrons. The Morgan fingerprint density at radius 2 is 1.94 bits per heavy atom. The van der Waals surface area contributed by atoms with Gasteiger partial charge in [0.25, 0.3) is 0 Å². The number of aromatic nitrogens is 5. The minimum atomic E-state index is -0.180. The average Bonchev–Trinajstić information content (AvgIpc) is 3.38. The zero-order valence-electron chi connectivity index (χ0n) is 17.5. The number of rotatable bonds is 8. The summed E-state index contributed by atoms with van der Waals surface area (Å²) in [4.78, 5) is 24.7. The van der Waals surface area contributed by atoms with Crippen LogP contribution in [-0.4, -0.2) is 42.5 Å². The van der Waals surface area contributed by atoms with E-state index in [-0.39, 0.29) is 24.0 Å². The molecule has 1 aliphatic rings. The predicted molar refractivity (Wildman–Crippen MR) is 120 cm³/mol. The second-order valence-corrected chi connectivity index (χ2v) is 9.51. The Kier molecular flexibility index (Phi) is 6.33. The van der Waals surface area contributed by atoms with E-state index in [1.165, 1.54) is 23.1 Å². The molecule has 2 heterocycles. The van der Waals surface area contributed by atoms with E-state index in [0.717, 1.165) is 34.7 Å². The summed E-state index contributed by atoms with van der Waals surface area (Å²) in [6, 6.07) is 5.87. The van der Waals surface area contributed by atoms with Crippen LogP contribution >= 0.6 is 23.1 Å². The maximum Gasteiger partial charge on any atom is 0.236 e. The molecule has 0 spiro atoms. The number of aryl methyl sites for hydroxylation is 2. The normalized spacial score (nSPS) is 13.3. The molecule has 0 bridgehead atoms. The highest BCUT2D eigenvalue weighted by Crippen LogP contribution is 2.42. The second kappa shape index (κ2) is 9.15. The molecule has 9 nitrogen and oxygen atoms in total. The van der Waals surface area contributed by atoms with Crippen LogP contribution in [0.1, 0.15) is 40.7 Å². The number of nitrogens with one attached hydrogen (secondary N) is 2. The fourth-order valence-electron chi connectivity index (χ4n) is 2.98. The van der Waals surface area contributed by atoms with Gasteiger partial charge in [0, 0.05) is 18.7 Å². The van der Waals surface area contributed by atoms with Gasteiger partial charge in [-0.1, -0.05) is 40.8 Å². The zero-order chi connectivity index (χ0) is 22.0. The van der Waals surface area contributed by atoms with Crippen molar-refractivity contribution in [2.45, 2.75) is 44.2 Å². The van der Waals surface area contributed by atoms with Gasteiger partial charge in [-0.15, -0.1) is 20.4 Å². The number of hydrogen-bond donors (Lipinski definition) is 2. The zero-order valence-corrected chi connectivity index (χ0v) is 19.1. The molecule has 31 heavy (non-hydrogen) atoms. The van der Waals surface area contributed by atoms with Crippen LogP contribution in [0, 0.1) is 13.8 Å². The summed E-state index contributed by atoms with van der Waals surface area (Å²) >= 11 is 2.69. The molecule has 2 N–H and O–H groups in total. The van der Waals surface area contributed by atoms with Crippen molar-refractivity contribution in [1.29, 1.82) is 0 Å². The fourth-order valence-corrected chi connectivity index (χ4v) is 4.64. The third-order valence-electron chi connectivity index (χ3n) is 4.85. The molecule has 1 aliphatic carbocycles. The number of hydrogen-bond acceptors (Lipinski definition) is 8. The SMILES string of the molecule is Cc1ccc(NC(=O)Cc2nnc(SCC(=O)Nc3nnc(C4CC4)s3)n2C)c(C)c1. The van der Waals surface area contributed by atoms with E-state index >= 15 is 0 Å². The topological polar surface area (TPSA) is 115 Å². The number of carbonyl (C=O) groups excluding carboxylic acids is 2. The van der Waals surface area contributed by atoms with Gasteiger partial charge in [0.2, 0.25) is 16.9 Å². The molecule has 3 aromatic rings. The summed E-state index contributed by atoms with van der Waals surface area (Å²) < 4.78 is 1.73. The van der Waals surface area contributed by atoms with E-state index < -0.39 is 0 Å². The lowest BCUT2D eigenvalue weighted by Crippen LogP contribution is -2.18. The third-order valence-corrected chi connectivity index (χ3v) is 6.87. The molecule has 11 heteroatoms. The number of anilines is 2. The number of benzene rings is 1. The van der Waals surface area contributed by atoms with Crippen molar-refractivity contribution in [2.75, 3.05) is 16.4 Å². The molecular formula is C20H23N7O2S2. The molecule has 1 saturated carbocycles. The first-order valence-electron chi connectivity index (χ1n) is 9.90. The van der Waals surface area contributed by atoms with Crippen molar-refractivity contribution < 1.29 is 9.59 Å². The van der Waals surface area contributed by atoms with Crippen molar-refractivity contribution in [3.05, 3.63) is 40.2 Å². The molecule has 0 unspecified atom stereocenters. The Morgan fingerprint density at radius 3 is 2.68 bits per heavy atom. The van der Waals surface area contributed by atoms with Crippen molar-refractivity contribution in [3.63, 3.8) is 0 Å². The third kappa shape index (κ3) is 5.47. The minimum Gasteiger partial charge on any atom is -0.325 e. The highest BCUT2D eigenvalue weighted by molar-refractivity contribution is 7.99. The van der Waals surface area contributed by atoms with Gasteiger partial charge in [0.15, 0.2) is 5.16 Å². The van der Waals surface area contributed by atoms with E-state index in [4.69, 9.17) is 0 Å². The van der Waals surface area contributed by atoms with Crippen molar-refractivity contribution >= 4 is 45.7 Å². The summed E-state index contributed by atoms with van der Waals surface area (Å²) in [5, 5.41) is 24.1. The second-order valence-electron chi connectivity index (χ2n) is 7.56. The minimum absolute atomic E-state index is 0.0955. The first kappa shape index (κ1) is 21.4. The molecule has 0 aliphatic heterocycles. The predicted octanol–water partition coefficient (Wildman–Crippen LogP) is 3.07. The van der Waals surface area contributed by atoms with Crippen LogP contribution in [0.15, 0.2) is 23.4 Å². The van der Waals surface area contributed by atoms with Crippen LogP contribution < -0.4 is 10.6 Å². The molecular weight excluding hydrogens is 434 g/mol. The summed E-state index contributed by atoms with van der Waals surface area (Å²) in [6.07, 6.45) is 2.39. The number of nitrogens with zero attached hydrogens (tertiary/aromatic N) is 5. The van der Waals surface area contributed by atoms with Crippen LogP contribution in [0.4, 0.5) is 10.8 Å². The molecule has 2 amide bonds. The lowest BCUT2D eigenvalue weighted by Gasteiger charge is -2.09. The average molecular weight is 458 g/mol. The maximum atomic E-state index is 12.4. The van der Waals surface area contributed by atoms with Gasteiger partial charge >= 0.3 is 0 Å². The summed E-state index contributed by atoms with van der Waals surface area (Å²) in [7, 11) is 1.78. The van der Waals surface area contributed by atoms with Crippen LogP contribution in [0.5, 0.6) is 0 Å². The van der Waals surface area contributed by atoms with Crippen LogP contribution in [0.25, 0.3) is 0 Å². The number of carbonyl (C=O) groups is 2. The number of amides is 2. The quantitative estimate of drug-likeness (QED) is 0.500. The fraction of sp³-hybridized carbons (Fsp3) is 0.400. The largest absolute Gasteiger partial charge is 0.325 e. The maximum absolute atomic E-state index is 12.4. The van der Waals surface area contributed by atoms with E-state index in [2.05, 4.69) is 31.0 Å². The summed E-state index contributed by atoms with van der Waals surface area (Å²) in [5.74, 6) is 0.865. The highest BCUT2D eigenvalue weighted by Gasteiger charge is 2.27. The first-order chi connectivity index (χ1) is 14.9. The van der Waals surface area contributed by atoms with Gasteiger partial charge < -0.3 is 9.88 Å². The standard InChI is InChI=1S/C20H23N7O2S2/c1-11-4-7-14(12(2)8-11)21-16(28)9-15-23-26-20(27(15)3)30-10-17(29)22-19-25-24-18(31-19)13-5-6-13/h4,7-8,13H,5-6,9-10H2,1-3H3,(H,21,28)(H,22,25,29). The van der Waals surface area contributed by atoms with Crippen molar-refractivity contribution in [3.8, 4) is 0 Å². The van der Waals surface area contributed by atoms with Crippen molar-refractivity contribution in [1.82, 2.24) is 25.0 Å². The number of thioether (sulfide) groups is 1. The van der Waals surface area contributed by atoms with Gasteiger partial charge in [-0.05, 0) is 38.3 Å². The Balaban J connectivity index is 1.28. The van der Waals surface area contributed by atoms with Crippen LogP contribution in [0.2, 0.25) is 0 Å². The van der Waals surface area contributed by atoms with Gasteiger partial charge in [-0.25, -0.2) is 0 Å². The molecule has 1 fully saturated rings. The summed E-state index contributed by atoms with van der Waals surface area (Å²) in [6.45, 7) is 3.97. The Morgan fingerprint density at radius 1 is 1.13 bits per heavy atom. The molecule has 4 rings (SSSR count). The molecule has 0 atom stereocenters. The van der Waals surface area contributed by atoms with Crippen LogP contribution in [-0.2, 0) is 23.1 Å². The Bertz CT molecular complexity index is 1120. The van der Waals surface area contributed by atoms with Gasteiger partial charge in [-0.3, -0.25) is 14.9 Å². The van der Waals surface area contributed by atoms with E-state index in [0.29, 0.717) is 22.0 Å². The molecule has 1 aromatic carbocycles. The monoisotopic (exact) mass is 457 g/mol. The summed E-state index contributed by atoms with van der Waals surface area (Å²) in [5.41, 5.74) is 2.93. The lowest BCUT2D eigenvalue weighted by molar-refractivity contribution is -0.116. The first-order valence-corrected chi connectivity index (χ1v) is 11.7. The van der Waals surface area contributed by atoms with Gasteiger partial charge in [0.05, 0.1) is 12.2 Å².